The van der Waals surface area contributed by atoms with Crippen LogP contribution in [0, 0.1) is 0 Å². The Hall–Kier alpha value is -2.94. The number of hydrazine groups is 1. The lowest BCUT2D eigenvalue weighted by atomic mass is 10.2. The van der Waals surface area contributed by atoms with Crippen molar-refractivity contribution in [3.05, 3.63) is 30.3 Å². The van der Waals surface area contributed by atoms with E-state index in [1.54, 1.807) is 58.0 Å². The van der Waals surface area contributed by atoms with Crippen LogP contribution in [0.2, 0.25) is 0 Å². The molecule has 0 aromatic heterocycles. The lowest BCUT2D eigenvalue weighted by Gasteiger charge is -2.21. The van der Waals surface area contributed by atoms with Crippen molar-refractivity contribution < 1.29 is 19.1 Å². The van der Waals surface area contributed by atoms with Gasteiger partial charge >= 0.3 is 12.1 Å². The van der Waals surface area contributed by atoms with Crippen molar-refractivity contribution in [2.24, 2.45) is 5.10 Å². The molecule has 0 bridgehead atoms. The average Bonchev–Trinajstić information content (AvgIpc) is 2.79. The van der Waals surface area contributed by atoms with Crippen LogP contribution in [-0.2, 0) is 9.53 Å². The predicted octanol–water partition coefficient (Wildman–Crippen LogP) is 1.83. The molecule has 0 saturated heterocycles. The number of nitrogens with zero attached hydrogens (tertiary/aromatic N) is 2. The van der Waals surface area contributed by atoms with Crippen molar-refractivity contribution in [1.29, 1.82) is 0 Å². The Bertz CT molecular complexity index is 696. The zero-order valence-electron chi connectivity index (χ0n) is 14.5. The molecule has 1 aliphatic rings. The number of imide groups is 1. The minimum absolute atomic E-state index is 0.337. The Balaban J connectivity index is 1.94. The number of amides is 4. The summed E-state index contributed by atoms with van der Waals surface area (Å²) in [5.41, 5.74) is 5.01. The number of para-hydroxylation sites is 1. The maximum Gasteiger partial charge on any atom is 0.422 e. The highest BCUT2D eigenvalue weighted by Gasteiger charge is 2.37. The van der Waals surface area contributed by atoms with Gasteiger partial charge in [-0.2, -0.15) is 5.10 Å². The lowest BCUT2D eigenvalue weighted by molar-refractivity contribution is -0.127. The summed E-state index contributed by atoms with van der Waals surface area (Å²) in [7, 11) is 0. The second-order valence-corrected chi connectivity index (χ2v) is 6.39. The predicted molar refractivity (Wildman–Crippen MR) is 91.7 cm³/mol. The number of hydrogen-bond donors (Lipinski definition) is 3. The van der Waals surface area contributed by atoms with Gasteiger partial charge in [-0.1, -0.05) is 18.2 Å². The Labute approximate surface area is 145 Å². The maximum absolute atomic E-state index is 12.3. The van der Waals surface area contributed by atoms with Crippen molar-refractivity contribution in [2.45, 2.75) is 39.3 Å². The second-order valence-electron chi connectivity index (χ2n) is 6.39. The number of hydrogen-bond acceptors (Lipinski definition) is 6. The van der Waals surface area contributed by atoms with Crippen LogP contribution in [0.5, 0.6) is 0 Å². The smallest absolute Gasteiger partial charge is 0.422 e. The number of carbonyl (C=O) groups is 3. The van der Waals surface area contributed by atoms with Crippen molar-refractivity contribution >= 4 is 29.4 Å². The van der Waals surface area contributed by atoms with Crippen LogP contribution in [-0.4, -0.2) is 40.4 Å². The fraction of sp³-hybridized carbons (Fsp3) is 0.375. The quantitative estimate of drug-likeness (QED) is 0.722. The van der Waals surface area contributed by atoms with E-state index in [9.17, 15) is 14.4 Å². The van der Waals surface area contributed by atoms with E-state index < -0.39 is 29.7 Å². The number of carbonyl (C=O) groups excluding carboxylic acids is 3. The highest BCUT2D eigenvalue weighted by Crippen LogP contribution is 2.13. The first kappa shape index (κ1) is 18.4. The molecule has 2 rings (SSSR count). The van der Waals surface area contributed by atoms with Crippen LogP contribution < -0.4 is 16.2 Å². The molecule has 1 aromatic carbocycles. The normalized spacial score (nSPS) is 17.1. The third kappa shape index (κ3) is 5.01. The van der Waals surface area contributed by atoms with E-state index >= 15 is 0 Å². The summed E-state index contributed by atoms with van der Waals surface area (Å²) in [6.07, 6.45) is -0.736. The standard InChI is InChI=1S/C16H21N5O4/c1-10-12(18-19-15(24)25-16(2,3)4)13(22)21(20-10)14(23)17-11-8-6-5-7-9-11/h5-9,12,18H,1-4H3,(H,17,23)(H,19,24). The van der Waals surface area contributed by atoms with E-state index in [1.165, 1.54) is 0 Å². The first-order chi connectivity index (χ1) is 11.7. The molecule has 0 saturated carbocycles. The number of benzene rings is 1. The molecule has 25 heavy (non-hydrogen) atoms. The lowest BCUT2D eigenvalue weighted by Crippen LogP contribution is -2.53. The van der Waals surface area contributed by atoms with E-state index in [1.807, 2.05) is 0 Å². The molecule has 0 aliphatic carbocycles. The van der Waals surface area contributed by atoms with Gasteiger partial charge in [0.2, 0.25) is 0 Å². The SMILES string of the molecule is CC1=NN(C(=O)Nc2ccccc2)C(=O)C1NNC(=O)OC(C)(C)C. The Morgan fingerprint density at radius 2 is 1.84 bits per heavy atom. The van der Waals surface area contributed by atoms with Crippen molar-refractivity contribution in [3.8, 4) is 0 Å². The van der Waals surface area contributed by atoms with Gasteiger partial charge in [-0.3, -0.25) is 10.2 Å². The van der Waals surface area contributed by atoms with Gasteiger partial charge in [0.15, 0.2) is 0 Å². The average molecular weight is 347 g/mol. The first-order valence-corrected chi connectivity index (χ1v) is 7.67. The second kappa shape index (κ2) is 7.31. The van der Waals surface area contributed by atoms with Crippen LogP contribution in [0.3, 0.4) is 0 Å². The van der Waals surface area contributed by atoms with Gasteiger partial charge in [0.05, 0.1) is 5.71 Å². The van der Waals surface area contributed by atoms with E-state index in [0.29, 0.717) is 11.4 Å². The van der Waals surface area contributed by atoms with Crippen molar-refractivity contribution in [2.75, 3.05) is 5.32 Å². The van der Waals surface area contributed by atoms with Gasteiger partial charge in [0.25, 0.3) is 5.91 Å². The number of hydrazone groups is 1. The number of ether oxygens (including phenoxy) is 1. The van der Waals surface area contributed by atoms with Crippen molar-refractivity contribution in [3.63, 3.8) is 0 Å². The van der Waals surface area contributed by atoms with Gasteiger partial charge in [0.1, 0.15) is 11.6 Å². The van der Waals surface area contributed by atoms with Crippen LogP contribution in [0.4, 0.5) is 15.3 Å². The van der Waals surface area contributed by atoms with Crippen molar-refractivity contribution in [1.82, 2.24) is 15.9 Å². The summed E-state index contributed by atoms with van der Waals surface area (Å²) in [5, 5.41) is 7.22. The fourth-order valence-corrected chi connectivity index (χ4v) is 2.01. The summed E-state index contributed by atoms with van der Waals surface area (Å²) in [5.74, 6) is -0.609. The van der Waals surface area contributed by atoms with Crippen LogP contribution in [0.25, 0.3) is 0 Å². The Morgan fingerprint density at radius 1 is 1.20 bits per heavy atom. The minimum atomic E-state index is -0.950. The largest absolute Gasteiger partial charge is 0.443 e. The molecular formula is C16H21N5O4. The number of rotatable bonds is 3. The number of nitrogens with one attached hydrogen (secondary N) is 3. The first-order valence-electron chi connectivity index (χ1n) is 7.67. The molecule has 134 valence electrons. The molecule has 1 aliphatic heterocycles. The third-order valence-electron chi connectivity index (χ3n) is 3.07. The molecule has 9 heteroatoms. The molecule has 0 fully saturated rings. The molecule has 9 nitrogen and oxygen atoms in total. The molecule has 3 N–H and O–H groups in total. The molecule has 0 radical (unpaired) electrons. The van der Waals surface area contributed by atoms with Crippen LogP contribution >= 0.6 is 0 Å². The van der Waals surface area contributed by atoms with E-state index in [0.717, 1.165) is 5.01 Å². The molecule has 1 unspecified atom stereocenters. The Morgan fingerprint density at radius 3 is 2.44 bits per heavy atom. The summed E-state index contributed by atoms with van der Waals surface area (Å²) < 4.78 is 5.06. The summed E-state index contributed by atoms with van der Waals surface area (Å²) in [6, 6.07) is 7.06. The summed E-state index contributed by atoms with van der Waals surface area (Å²) in [4.78, 5) is 36.2. The topological polar surface area (TPSA) is 112 Å². The van der Waals surface area contributed by atoms with Gasteiger partial charge in [0, 0.05) is 5.69 Å². The Kier molecular flexibility index (Phi) is 5.38. The summed E-state index contributed by atoms with van der Waals surface area (Å²) >= 11 is 0. The van der Waals surface area contributed by atoms with E-state index in [4.69, 9.17) is 4.74 Å². The van der Waals surface area contributed by atoms with E-state index in [2.05, 4.69) is 21.3 Å². The molecule has 4 amide bonds. The highest BCUT2D eigenvalue weighted by atomic mass is 16.6. The molecule has 1 atom stereocenters. The summed E-state index contributed by atoms with van der Waals surface area (Å²) in [6.45, 7) is 6.73. The van der Waals surface area contributed by atoms with E-state index in [-0.39, 0.29) is 0 Å². The number of urea groups is 1. The van der Waals surface area contributed by atoms with Gasteiger partial charge < -0.3 is 10.1 Å². The van der Waals surface area contributed by atoms with Gasteiger partial charge in [-0.25, -0.2) is 15.0 Å². The highest BCUT2D eigenvalue weighted by molar-refractivity contribution is 6.17. The molecule has 1 aromatic rings. The molecular weight excluding hydrogens is 326 g/mol. The van der Waals surface area contributed by atoms with Gasteiger partial charge in [-0.05, 0) is 39.8 Å². The molecule has 0 spiro atoms. The van der Waals surface area contributed by atoms with Gasteiger partial charge in [-0.15, -0.1) is 5.01 Å². The zero-order valence-corrected chi connectivity index (χ0v) is 14.5. The van der Waals surface area contributed by atoms with Crippen LogP contribution in [0.1, 0.15) is 27.7 Å². The maximum atomic E-state index is 12.3. The zero-order chi connectivity index (χ0) is 18.6. The minimum Gasteiger partial charge on any atom is -0.443 e. The number of anilines is 1. The van der Waals surface area contributed by atoms with Crippen LogP contribution in [0.15, 0.2) is 35.4 Å². The monoisotopic (exact) mass is 347 g/mol. The molecule has 1 heterocycles. The third-order valence-corrected chi connectivity index (χ3v) is 3.07. The fourth-order valence-electron chi connectivity index (χ4n) is 2.01.